The zero-order chi connectivity index (χ0) is 19.9. The van der Waals surface area contributed by atoms with Gasteiger partial charge < -0.3 is 15.0 Å². The summed E-state index contributed by atoms with van der Waals surface area (Å²) in [4.78, 5) is 14.5. The monoisotopic (exact) mass is 391 g/mol. The summed E-state index contributed by atoms with van der Waals surface area (Å²) in [5.41, 5.74) is 3.20. The fourth-order valence-corrected chi connectivity index (χ4v) is 3.60. The Balaban J connectivity index is 1.47. The Hall–Kier alpha value is -2.96. The SMILES string of the molecule is O=C(NCCC[NH+]1CCOCC1)c1cc(-c2ccccc2)nn1-c1ccccc1. The normalized spacial score (nSPS) is 14.6. The van der Waals surface area contributed by atoms with Crippen LogP contribution < -0.4 is 10.2 Å². The molecule has 1 amide bonds. The Bertz CT molecular complexity index is 919. The van der Waals surface area contributed by atoms with E-state index in [0.717, 1.165) is 56.2 Å². The molecule has 6 nitrogen and oxygen atoms in total. The molecular weight excluding hydrogens is 364 g/mol. The highest BCUT2D eigenvalue weighted by Crippen LogP contribution is 2.21. The molecule has 1 aromatic heterocycles. The second-order valence-corrected chi connectivity index (χ2v) is 7.25. The van der Waals surface area contributed by atoms with Gasteiger partial charge in [0.15, 0.2) is 0 Å². The second-order valence-electron chi connectivity index (χ2n) is 7.25. The molecule has 3 aromatic rings. The molecule has 2 N–H and O–H groups in total. The predicted octanol–water partition coefficient (Wildman–Crippen LogP) is 1.57. The van der Waals surface area contributed by atoms with E-state index in [1.807, 2.05) is 66.7 Å². The number of hydrogen-bond acceptors (Lipinski definition) is 3. The number of carbonyl (C=O) groups excluding carboxylic acids is 1. The summed E-state index contributed by atoms with van der Waals surface area (Å²) in [6, 6.07) is 21.6. The molecule has 2 aromatic carbocycles. The number of benzene rings is 2. The van der Waals surface area contributed by atoms with Crippen LogP contribution in [0.5, 0.6) is 0 Å². The highest BCUT2D eigenvalue weighted by Gasteiger charge is 2.18. The van der Waals surface area contributed by atoms with Crippen LogP contribution in [-0.2, 0) is 4.74 Å². The van der Waals surface area contributed by atoms with E-state index in [1.165, 1.54) is 0 Å². The first-order valence-electron chi connectivity index (χ1n) is 10.2. The number of hydrogen-bond donors (Lipinski definition) is 2. The molecule has 0 bridgehead atoms. The van der Waals surface area contributed by atoms with Gasteiger partial charge in [-0.1, -0.05) is 48.5 Å². The number of para-hydroxylation sites is 1. The molecule has 0 atom stereocenters. The predicted molar refractivity (Wildman–Crippen MR) is 112 cm³/mol. The van der Waals surface area contributed by atoms with Gasteiger partial charge in [0, 0.05) is 18.5 Å². The first kappa shape index (κ1) is 19.4. The van der Waals surface area contributed by atoms with Crippen molar-refractivity contribution in [2.75, 3.05) is 39.4 Å². The van der Waals surface area contributed by atoms with E-state index >= 15 is 0 Å². The van der Waals surface area contributed by atoms with Crippen LogP contribution in [0.15, 0.2) is 66.7 Å². The minimum absolute atomic E-state index is 0.0967. The van der Waals surface area contributed by atoms with Crippen LogP contribution in [0.25, 0.3) is 16.9 Å². The Labute approximate surface area is 171 Å². The maximum absolute atomic E-state index is 12.9. The maximum Gasteiger partial charge on any atom is 0.270 e. The first-order chi connectivity index (χ1) is 14.3. The van der Waals surface area contributed by atoms with Crippen molar-refractivity contribution in [1.82, 2.24) is 15.1 Å². The zero-order valence-electron chi connectivity index (χ0n) is 16.5. The number of nitrogens with zero attached hydrogens (tertiary/aromatic N) is 2. The standard InChI is InChI=1S/C23H26N4O2/c28-23(24-12-7-13-26-14-16-29-17-15-26)22-18-21(19-8-3-1-4-9-19)25-27(22)20-10-5-2-6-11-20/h1-6,8-11,18H,7,12-17H2,(H,24,28)/p+1. The molecule has 6 heteroatoms. The van der Waals surface area contributed by atoms with Crippen LogP contribution in [0.2, 0.25) is 0 Å². The Morgan fingerprint density at radius 2 is 1.72 bits per heavy atom. The summed E-state index contributed by atoms with van der Waals surface area (Å²) >= 11 is 0. The van der Waals surface area contributed by atoms with E-state index < -0.39 is 0 Å². The van der Waals surface area contributed by atoms with Gasteiger partial charge in [0.2, 0.25) is 0 Å². The van der Waals surface area contributed by atoms with Gasteiger partial charge in [-0.05, 0) is 18.2 Å². The Kier molecular flexibility index (Phi) is 6.34. The summed E-state index contributed by atoms with van der Waals surface area (Å²) in [5.74, 6) is -0.0967. The summed E-state index contributed by atoms with van der Waals surface area (Å²) in [7, 11) is 0. The number of morpholine rings is 1. The average Bonchev–Trinajstić information content (AvgIpc) is 3.24. The van der Waals surface area contributed by atoms with Crippen molar-refractivity contribution in [3.8, 4) is 16.9 Å². The summed E-state index contributed by atoms with van der Waals surface area (Å²) in [6.45, 7) is 5.48. The third-order valence-corrected chi connectivity index (χ3v) is 5.20. The number of nitrogens with one attached hydrogen (secondary N) is 2. The van der Waals surface area contributed by atoms with E-state index in [1.54, 1.807) is 9.58 Å². The summed E-state index contributed by atoms with van der Waals surface area (Å²) in [6.07, 6.45) is 0.950. The van der Waals surface area contributed by atoms with E-state index in [-0.39, 0.29) is 5.91 Å². The number of carbonyl (C=O) groups is 1. The van der Waals surface area contributed by atoms with Gasteiger partial charge in [0.1, 0.15) is 18.8 Å². The fourth-order valence-electron chi connectivity index (χ4n) is 3.60. The van der Waals surface area contributed by atoms with Gasteiger partial charge >= 0.3 is 0 Å². The van der Waals surface area contributed by atoms with Crippen LogP contribution in [0.3, 0.4) is 0 Å². The van der Waals surface area contributed by atoms with Gasteiger partial charge in [-0.3, -0.25) is 4.79 Å². The molecule has 4 rings (SSSR count). The molecule has 1 aliphatic heterocycles. The molecule has 0 spiro atoms. The molecule has 0 unspecified atom stereocenters. The van der Waals surface area contributed by atoms with E-state index in [2.05, 4.69) is 5.32 Å². The van der Waals surface area contributed by atoms with Crippen molar-refractivity contribution < 1.29 is 14.4 Å². The quantitative estimate of drug-likeness (QED) is 0.601. The zero-order valence-corrected chi connectivity index (χ0v) is 16.5. The van der Waals surface area contributed by atoms with E-state index in [4.69, 9.17) is 9.84 Å². The number of ether oxygens (including phenoxy) is 1. The van der Waals surface area contributed by atoms with Crippen molar-refractivity contribution >= 4 is 5.91 Å². The van der Waals surface area contributed by atoms with Gasteiger partial charge in [-0.25, -0.2) is 4.68 Å². The molecule has 1 aliphatic rings. The van der Waals surface area contributed by atoms with Crippen molar-refractivity contribution in [2.45, 2.75) is 6.42 Å². The lowest BCUT2D eigenvalue weighted by Crippen LogP contribution is -3.14. The molecule has 0 saturated carbocycles. The lowest BCUT2D eigenvalue weighted by molar-refractivity contribution is -0.908. The van der Waals surface area contributed by atoms with Gasteiger partial charge in [-0.15, -0.1) is 0 Å². The van der Waals surface area contributed by atoms with Crippen molar-refractivity contribution in [1.29, 1.82) is 0 Å². The van der Waals surface area contributed by atoms with Gasteiger partial charge in [-0.2, -0.15) is 5.10 Å². The lowest BCUT2D eigenvalue weighted by Gasteiger charge is -2.23. The van der Waals surface area contributed by atoms with E-state index in [9.17, 15) is 4.79 Å². The molecule has 2 heterocycles. The molecule has 150 valence electrons. The minimum atomic E-state index is -0.0967. The van der Waals surface area contributed by atoms with E-state index in [0.29, 0.717) is 12.2 Å². The van der Waals surface area contributed by atoms with Crippen LogP contribution in [0, 0.1) is 0 Å². The molecule has 0 aliphatic carbocycles. The smallest absolute Gasteiger partial charge is 0.270 e. The summed E-state index contributed by atoms with van der Waals surface area (Å²) in [5, 5.41) is 7.78. The molecule has 0 radical (unpaired) electrons. The fraction of sp³-hybridized carbons (Fsp3) is 0.304. The van der Waals surface area contributed by atoms with Gasteiger partial charge in [0.05, 0.1) is 31.1 Å². The molecule has 29 heavy (non-hydrogen) atoms. The Morgan fingerprint density at radius 1 is 1.03 bits per heavy atom. The largest absolute Gasteiger partial charge is 0.370 e. The van der Waals surface area contributed by atoms with Crippen LogP contribution in [0.4, 0.5) is 0 Å². The number of aromatic nitrogens is 2. The van der Waals surface area contributed by atoms with Gasteiger partial charge in [0.25, 0.3) is 5.91 Å². The van der Waals surface area contributed by atoms with Crippen molar-refractivity contribution in [3.05, 3.63) is 72.4 Å². The maximum atomic E-state index is 12.9. The second kappa shape index (κ2) is 9.49. The van der Waals surface area contributed by atoms with Crippen LogP contribution in [0.1, 0.15) is 16.9 Å². The van der Waals surface area contributed by atoms with Crippen molar-refractivity contribution in [2.24, 2.45) is 0 Å². The van der Waals surface area contributed by atoms with Crippen LogP contribution in [-0.4, -0.2) is 55.1 Å². The Morgan fingerprint density at radius 3 is 2.45 bits per heavy atom. The third kappa shape index (κ3) is 4.91. The lowest BCUT2D eigenvalue weighted by atomic mass is 10.1. The number of amides is 1. The van der Waals surface area contributed by atoms with Crippen LogP contribution >= 0.6 is 0 Å². The number of quaternary nitrogens is 1. The number of rotatable bonds is 7. The third-order valence-electron chi connectivity index (χ3n) is 5.20. The molecule has 1 fully saturated rings. The first-order valence-corrected chi connectivity index (χ1v) is 10.2. The minimum Gasteiger partial charge on any atom is -0.370 e. The highest BCUT2D eigenvalue weighted by molar-refractivity contribution is 5.94. The van der Waals surface area contributed by atoms with Crippen molar-refractivity contribution in [3.63, 3.8) is 0 Å². The highest BCUT2D eigenvalue weighted by atomic mass is 16.5. The molecular formula is C23H27N4O2+. The average molecular weight is 391 g/mol. The summed E-state index contributed by atoms with van der Waals surface area (Å²) < 4.78 is 7.12. The topological polar surface area (TPSA) is 60.6 Å². The molecule has 1 saturated heterocycles.